The third kappa shape index (κ3) is 4.23. The molecular formula is C22H26FN5O3S. The number of hydrogen-bond donors (Lipinski definition) is 1. The second kappa shape index (κ2) is 8.93. The lowest BCUT2D eigenvalue weighted by Gasteiger charge is -2.41. The van der Waals surface area contributed by atoms with Crippen molar-refractivity contribution in [2.45, 2.75) is 38.6 Å². The molecule has 2 aromatic rings. The number of halogens is 1. The highest BCUT2D eigenvalue weighted by molar-refractivity contribution is 6.99. The molecule has 2 fully saturated rings. The number of amides is 4. The van der Waals surface area contributed by atoms with Crippen LogP contribution in [0.4, 0.5) is 9.18 Å². The van der Waals surface area contributed by atoms with E-state index in [1.165, 1.54) is 23.2 Å². The molecular weight excluding hydrogens is 433 g/mol. The van der Waals surface area contributed by atoms with Crippen molar-refractivity contribution in [3.05, 3.63) is 47.5 Å². The number of imide groups is 1. The van der Waals surface area contributed by atoms with E-state index in [0.29, 0.717) is 43.7 Å². The van der Waals surface area contributed by atoms with Gasteiger partial charge in [0.05, 0.1) is 17.9 Å². The summed E-state index contributed by atoms with van der Waals surface area (Å²) >= 11 is 0.984. The van der Waals surface area contributed by atoms with Gasteiger partial charge in [-0.05, 0) is 42.4 Å². The van der Waals surface area contributed by atoms with Gasteiger partial charge in [0, 0.05) is 26.1 Å². The predicted octanol–water partition coefficient (Wildman–Crippen LogP) is 2.72. The van der Waals surface area contributed by atoms with Crippen LogP contribution < -0.4 is 5.32 Å². The number of nitrogens with one attached hydrogen (secondary N) is 1. The van der Waals surface area contributed by atoms with Gasteiger partial charge >= 0.3 is 6.03 Å². The van der Waals surface area contributed by atoms with Gasteiger partial charge in [-0.2, -0.15) is 8.75 Å². The normalized spacial score (nSPS) is 22.0. The summed E-state index contributed by atoms with van der Waals surface area (Å²) < 4.78 is 21.8. The highest BCUT2D eigenvalue weighted by atomic mass is 32.1. The molecule has 2 saturated heterocycles. The fraction of sp³-hybridized carbons (Fsp3) is 0.500. The molecule has 0 bridgehead atoms. The van der Waals surface area contributed by atoms with Crippen LogP contribution in [0.5, 0.6) is 0 Å². The van der Waals surface area contributed by atoms with Gasteiger partial charge in [0.25, 0.3) is 11.8 Å². The number of aromatic nitrogens is 2. The van der Waals surface area contributed by atoms with Crippen LogP contribution >= 0.6 is 11.7 Å². The van der Waals surface area contributed by atoms with Gasteiger partial charge in [-0.1, -0.05) is 26.0 Å². The second-order valence-corrected chi connectivity index (χ2v) is 9.43. The standard InChI is InChI=1S/C22H26FN5O3S/c1-14(2)13-28-20(30)22(25-21(28)31,11-15-4-3-5-17(23)10-15)16-6-8-27(9-7-16)19(29)18-12-24-32-26-18/h3-5,10,12,14,16H,6-9,11,13H2,1-2H3,(H,25,31)/t22-/m1/s1. The minimum absolute atomic E-state index is 0.126. The summed E-state index contributed by atoms with van der Waals surface area (Å²) in [7, 11) is 0. The average molecular weight is 460 g/mol. The first kappa shape index (κ1) is 22.3. The van der Waals surface area contributed by atoms with Crippen LogP contribution in [0.2, 0.25) is 0 Å². The van der Waals surface area contributed by atoms with E-state index < -0.39 is 11.6 Å². The maximum atomic E-state index is 13.9. The number of benzene rings is 1. The van der Waals surface area contributed by atoms with Crippen LogP contribution in [-0.2, 0) is 11.2 Å². The van der Waals surface area contributed by atoms with E-state index in [-0.39, 0.29) is 35.9 Å². The zero-order chi connectivity index (χ0) is 22.9. The van der Waals surface area contributed by atoms with Crippen molar-refractivity contribution in [2.24, 2.45) is 11.8 Å². The third-order valence-corrected chi connectivity index (χ3v) is 6.66. The summed E-state index contributed by atoms with van der Waals surface area (Å²) in [5.74, 6) is -0.892. The number of likely N-dealkylation sites (tertiary alicyclic amines) is 1. The molecule has 1 N–H and O–H groups in total. The number of carbonyl (C=O) groups is 3. The highest BCUT2D eigenvalue weighted by Gasteiger charge is 2.56. The summed E-state index contributed by atoms with van der Waals surface area (Å²) in [6, 6.07) is 5.72. The van der Waals surface area contributed by atoms with Crippen LogP contribution in [0.25, 0.3) is 0 Å². The summed E-state index contributed by atoms with van der Waals surface area (Å²) in [6.45, 7) is 5.11. The van der Waals surface area contributed by atoms with Gasteiger partial charge in [-0.3, -0.25) is 14.5 Å². The molecule has 1 atom stereocenters. The van der Waals surface area contributed by atoms with Gasteiger partial charge < -0.3 is 10.2 Å². The van der Waals surface area contributed by atoms with Crippen molar-refractivity contribution >= 4 is 29.6 Å². The topological polar surface area (TPSA) is 95.5 Å². The lowest BCUT2D eigenvalue weighted by atomic mass is 9.73. The van der Waals surface area contributed by atoms with Crippen molar-refractivity contribution in [1.82, 2.24) is 23.9 Å². The molecule has 2 aliphatic heterocycles. The van der Waals surface area contributed by atoms with Crippen molar-refractivity contribution in [1.29, 1.82) is 0 Å². The second-order valence-electron chi connectivity index (χ2n) is 8.88. The summed E-state index contributed by atoms with van der Waals surface area (Å²) in [5, 5.41) is 2.97. The van der Waals surface area contributed by atoms with E-state index in [0.717, 1.165) is 11.7 Å². The molecule has 0 unspecified atom stereocenters. The smallest absolute Gasteiger partial charge is 0.325 e. The minimum atomic E-state index is -1.16. The Hall–Kier alpha value is -2.88. The largest absolute Gasteiger partial charge is 0.337 e. The van der Waals surface area contributed by atoms with E-state index >= 15 is 0 Å². The number of nitrogens with zero attached hydrogens (tertiary/aromatic N) is 4. The van der Waals surface area contributed by atoms with Gasteiger partial charge in [-0.15, -0.1) is 0 Å². The van der Waals surface area contributed by atoms with Gasteiger partial charge in [0.2, 0.25) is 0 Å². The molecule has 3 heterocycles. The van der Waals surface area contributed by atoms with Gasteiger partial charge in [0.15, 0.2) is 5.69 Å². The molecule has 4 amide bonds. The number of hydrogen-bond acceptors (Lipinski definition) is 6. The molecule has 0 radical (unpaired) electrons. The highest BCUT2D eigenvalue weighted by Crippen LogP contribution is 2.37. The maximum Gasteiger partial charge on any atom is 0.325 e. The molecule has 1 aromatic heterocycles. The maximum absolute atomic E-state index is 13.9. The minimum Gasteiger partial charge on any atom is -0.337 e. The molecule has 0 spiro atoms. The van der Waals surface area contributed by atoms with Crippen LogP contribution in [0.3, 0.4) is 0 Å². The average Bonchev–Trinajstić information content (AvgIpc) is 3.37. The first-order valence-electron chi connectivity index (χ1n) is 10.8. The monoisotopic (exact) mass is 459 g/mol. The van der Waals surface area contributed by atoms with Crippen molar-refractivity contribution in [2.75, 3.05) is 19.6 Å². The summed E-state index contributed by atoms with van der Waals surface area (Å²) in [6.07, 6.45) is 2.74. The first-order valence-corrected chi connectivity index (χ1v) is 11.5. The molecule has 8 nitrogen and oxygen atoms in total. The van der Waals surface area contributed by atoms with E-state index in [1.807, 2.05) is 13.8 Å². The van der Waals surface area contributed by atoms with Gasteiger partial charge in [0.1, 0.15) is 11.4 Å². The lowest BCUT2D eigenvalue weighted by molar-refractivity contribution is -0.134. The van der Waals surface area contributed by atoms with Crippen molar-refractivity contribution in [3.63, 3.8) is 0 Å². The summed E-state index contributed by atoms with van der Waals surface area (Å²) in [4.78, 5) is 42.0. The molecule has 0 aliphatic carbocycles. The Balaban J connectivity index is 1.58. The Morgan fingerprint density at radius 2 is 2.06 bits per heavy atom. The molecule has 32 heavy (non-hydrogen) atoms. The van der Waals surface area contributed by atoms with Gasteiger partial charge in [-0.25, -0.2) is 9.18 Å². The Morgan fingerprint density at radius 3 is 2.69 bits per heavy atom. The SMILES string of the molecule is CC(C)CN1C(=O)N[C@](Cc2cccc(F)c2)(C2CCN(C(=O)c3cnsn3)CC2)C1=O. The van der Waals surface area contributed by atoms with Crippen LogP contribution in [0.15, 0.2) is 30.5 Å². The Kier molecular flexibility index (Phi) is 6.23. The Morgan fingerprint density at radius 1 is 1.31 bits per heavy atom. The Labute approximate surface area is 190 Å². The number of piperidine rings is 1. The van der Waals surface area contributed by atoms with E-state index in [4.69, 9.17) is 0 Å². The van der Waals surface area contributed by atoms with Crippen molar-refractivity contribution < 1.29 is 18.8 Å². The molecule has 10 heteroatoms. The molecule has 4 rings (SSSR count). The fourth-order valence-corrected chi connectivity index (χ4v) is 5.09. The molecule has 1 aromatic carbocycles. The number of urea groups is 1. The lowest BCUT2D eigenvalue weighted by Crippen LogP contribution is -2.58. The van der Waals surface area contributed by atoms with E-state index in [9.17, 15) is 18.8 Å². The quantitative estimate of drug-likeness (QED) is 0.670. The van der Waals surface area contributed by atoms with Crippen LogP contribution in [0, 0.1) is 17.7 Å². The van der Waals surface area contributed by atoms with Crippen LogP contribution in [-0.4, -0.2) is 61.6 Å². The molecule has 0 saturated carbocycles. The third-order valence-electron chi connectivity index (χ3n) is 6.18. The molecule has 170 valence electrons. The fourth-order valence-electron chi connectivity index (χ4n) is 4.68. The summed E-state index contributed by atoms with van der Waals surface area (Å²) in [5.41, 5.74) is -0.190. The number of carbonyl (C=O) groups excluding carboxylic acids is 3. The zero-order valence-corrected chi connectivity index (χ0v) is 18.9. The van der Waals surface area contributed by atoms with Crippen LogP contribution in [0.1, 0.15) is 42.7 Å². The van der Waals surface area contributed by atoms with E-state index in [2.05, 4.69) is 14.1 Å². The zero-order valence-electron chi connectivity index (χ0n) is 18.1. The predicted molar refractivity (Wildman–Crippen MR) is 116 cm³/mol. The first-order chi connectivity index (χ1) is 15.3. The van der Waals surface area contributed by atoms with E-state index in [1.54, 1.807) is 17.0 Å². The van der Waals surface area contributed by atoms with Crippen molar-refractivity contribution in [3.8, 4) is 0 Å². The number of rotatable bonds is 6. The molecule has 2 aliphatic rings. The Bertz CT molecular complexity index is 1010.